The third-order valence-electron chi connectivity index (χ3n) is 4.06. The normalized spacial score (nSPS) is 18.3. The maximum atomic E-state index is 5.91. The zero-order valence-electron chi connectivity index (χ0n) is 12.1. The van der Waals surface area contributed by atoms with Gasteiger partial charge in [0.2, 0.25) is 0 Å². The Morgan fingerprint density at radius 3 is 2.85 bits per heavy atom. The molecule has 2 aromatic rings. The Morgan fingerprint density at radius 2 is 2.10 bits per heavy atom. The molecule has 4 heteroatoms. The van der Waals surface area contributed by atoms with Crippen LogP contribution in [0, 0.1) is 0 Å². The number of ether oxygens (including phenoxy) is 2. The molecule has 1 fully saturated rings. The Labute approximate surface area is 119 Å². The van der Waals surface area contributed by atoms with Gasteiger partial charge in [-0.05, 0) is 31.9 Å². The number of benzene rings is 1. The van der Waals surface area contributed by atoms with Crippen LogP contribution in [0.3, 0.4) is 0 Å². The quantitative estimate of drug-likeness (QED) is 0.931. The van der Waals surface area contributed by atoms with E-state index in [0.717, 1.165) is 55.1 Å². The fourth-order valence-electron chi connectivity index (χ4n) is 2.64. The van der Waals surface area contributed by atoms with Crippen molar-refractivity contribution in [1.29, 1.82) is 0 Å². The van der Waals surface area contributed by atoms with Gasteiger partial charge in [-0.15, -0.1) is 0 Å². The van der Waals surface area contributed by atoms with E-state index < -0.39 is 0 Å². The number of nitrogens with one attached hydrogen (secondary N) is 1. The van der Waals surface area contributed by atoms with Crippen LogP contribution in [0.1, 0.15) is 25.5 Å². The average Bonchev–Trinajstić information content (AvgIpc) is 2.89. The topological polar surface area (TPSA) is 43.6 Å². The van der Waals surface area contributed by atoms with Crippen molar-refractivity contribution in [2.45, 2.75) is 31.8 Å². The van der Waals surface area contributed by atoms with Crippen LogP contribution < -0.4 is 10.1 Å². The van der Waals surface area contributed by atoms with E-state index in [1.807, 2.05) is 18.2 Å². The van der Waals surface area contributed by atoms with Gasteiger partial charge in [-0.2, -0.15) is 0 Å². The Bertz CT molecular complexity index is 584. The summed E-state index contributed by atoms with van der Waals surface area (Å²) in [6, 6.07) is 8.02. The molecule has 4 nitrogen and oxygen atoms in total. The fourth-order valence-corrected chi connectivity index (χ4v) is 2.64. The van der Waals surface area contributed by atoms with Crippen LogP contribution >= 0.6 is 0 Å². The summed E-state index contributed by atoms with van der Waals surface area (Å²) in [5.74, 6) is 1.73. The summed E-state index contributed by atoms with van der Waals surface area (Å²) in [6.45, 7) is 4.64. The molecule has 0 amide bonds. The SMILES string of the molecule is COc1cccc2cc(CNC3(C)CCOCC3)oc12. The minimum atomic E-state index is 0.140. The first-order chi connectivity index (χ1) is 9.70. The standard InChI is InChI=1S/C16H21NO3/c1-16(6-8-19-9-7-16)17-11-13-10-12-4-3-5-14(18-2)15(12)20-13/h3-5,10,17H,6-9,11H2,1-2H3. The first-order valence-corrected chi connectivity index (χ1v) is 7.08. The van der Waals surface area contributed by atoms with Gasteiger partial charge in [0.05, 0.1) is 13.7 Å². The first-order valence-electron chi connectivity index (χ1n) is 7.08. The van der Waals surface area contributed by atoms with E-state index in [9.17, 15) is 0 Å². The summed E-state index contributed by atoms with van der Waals surface area (Å²) in [6.07, 6.45) is 2.08. The minimum absolute atomic E-state index is 0.140. The number of hydrogen-bond donors (Lipinski definition) is 1. The van der Waals surface area contributed by atoms with Crippen molar-refractivity contribution in [1.82, 2.24) is 5.32 Å². The number of para-hydroxylation sites is 1. The summed E-state index contributed by atoms with van der Waals surface area (Å²) < 4.78 is 16.6. The molecule has 3 rings (SSSR count). The zero-order chi connectivity index (χ0) is 14.0. The predicted molar refractivity (Wildman–Crippen MR) is 78.1 cm³/mol. The smallest absolute Gasteiger partial charge is 0.176 e. The highest BCUT2D eigenvalue weighted by Crippen LogP contribution is 2.29. The molecule has 1 aliphatic heterocycles. The van der Waals surface area contributed by atoms with Crippen LogP contribution in [0.4, 0.5) is 0 Å². The van der Waals surface area contributed by atoms with Crippen molar-refractivity contribution in [3.63, 3.8) is 0 Å². The summed E-state index contributed by atoms with van der Waals surface area (Å²) in [5.41, 5.74) is 0.963. The summed E-state index contributed by atoms with van der Waals surface area (Å²) in [5, 5.41) is 4.68. The second-order valence-electron chi connectivity index (χ2n) is 5.62. The molecule has 0 unspecified atom stereocenters. The van der Waals surface area contributed by atoms with Gasteiger partial charge in [0.15, 0.2) is 11.3 Å². The molecule has 0 saturated carbocycles. The van der Waals surface area contributed by atoms with Gasteiger partial charge in [-0.25, -0.2) is 0 Å². The molecule has 20 heavy (non-hydrogen) atoms. The average molecular weight is 275 g/mol. The molecule has 1 aliphatic rings. The Morgan fingerprint density at radius 1 is 1.30 bits per heavy atom. The number of methoxy groups -OCH3 is 1. The van der Waals surface area contributed by atoms with Crippen molar-refractivity contribution in [2.75, 3.05) is 20.3 Å². The molecule has 2 heterocycles. The molecule has 0 atom stereocenters. The van der Waals surface area contributed by atoms with Gasteiger partial charge in [0.1, 0.15) is 5.76 Å². The van der Waals surface area contributed by atoms with E-state index >= 15 is 0 Å². The van der Waals surface area contributed by atoms with Crippen LogP contribution in [0.25, 0.3) is 11.0 Å². The van der Waals surface area contributed by atoms with Gasteiger partial charge in [-0.3, -0.25) is 0 Å². The van der Waals surface area contributed by atoms with E-state index in [1.165, 1.54) is 0 Å². The lowest BCUT2D eigenvalue weighted by molar-refractivity contribution is 0.0439. The third-order valence-corrected chi connectivity index (χ3v) is 4.06. The lowest BCUT2D eigenvalue weighted by Gasteiger charge is -2.34. The molecule has 0 radical (unpaired) electrons. The molecule has 0 spiro atoms. The van der Waals surface area contributed by atoms with Crippen LogP contribution in [0.15, 0.2) is 28.7 Å². The second kappa shape index (κ2) is 5.46. The molecule has 1 aromatic heterocycles. The van der Waals surface area contributed by atoms with Crippen LogP contribution in [0.2, 0.25) is 0 Å². The number of fused-ring (bicyclic) bond motifs is 1. The Balaban J connectivity index is 1.74. The number of hydrogen-bond acceptors (Lipinski definition) is 4. The van der Waals surface area contributed by atoms with E-state index in [0.29, 0.717) is 0 Å². The second-order valence-corrected chi connectivity index (χ2v) is 5.62. The summed E-state index contributed by atoms with van der Waals surface area (Å²) in [4.78, 5) is 0. The number of rotatable bonds is 4. The molecule has 0 aliphatic carbocycles. The third kappa shape index (κ3) is 2.67. The lowest BCUT2D eigenvalue weighted by atomic mass is 9.92. The summed E-state index contributed by atoms with van der Waals surface area (Å²) in [7, 11) is 1.66. The van der Waals surface area contributed by atoms with E-state index in [4.69, 9.17) is 13.9 Å². The van der Waals surface area contributed by atoms with E-state index in [-0.39, 0.29) is 5.54 Å². The zero-order valence-corrected chi connectivity index (χ0v) is 12.1. The molecule has 0 bridgehead atoms. The number of furan rings is 1. The molecular weight excluding hydrogens is 254 g/mol. The Hall–Kier alpha value is -1.52. The van der Waals surface area contributed by atoms with Crippen molar-refractivity contribution < 1.29 is 13.9 Å². The van der Waals surface area contributed by atoms with Gasteiger partial charge in [0.25, 0.3) is 0 Å². The predicted octanol–water partition coefficient (Wildman–Crippen LogP) is 3.10. The maximum Gasteiger partial charge on any atom is 0.176 e. The molecule has 1 N–H and O–H groups in total. The highest BCUT2D eigenvalue weighted by Gasteiger charge is 2.26. The lowest BCUT2D eigenvalue weighted by Crippen LogP contribution is -2.46. The van der Waals surface area contributed by atoms with Gasteiger partial charge >= 0.3 is 0 Å². The molecule has 1 saturated heterocycles. The van der Waals surface area contributed by atoms with Gasteiger partial charge < -0.3 is 19.2 Å². The van der Waals surface area contributed by atoms with Crippen LogP contribution in [0.5, 0.6) is 5.75 Å². The van der Waals surface area contributed by atoms with Crippen molar-refractivity contribution in [3.05, 3.63) is 30.0 Å². The van der Waals surface area contributed by atoms with Crippen molar-refractivity contribution >= 4 is 11.0 Å². The van der Waals surface area contributed by atoms with Gasteiger partial charge in [-0.1, -0.05) is 12.1 Å². The van der Waals surface area contributed by atoms with Crippen LogP contribution in [-0.2, 0) is 11.3 Å². The summed E-state index contributed by atoms with van der Waals surface area (Å²) >= 11 is 0. The fraction of sp³-hybridized carbons (Fsp3) is 0.500. The largest absolute Gasteiger partial charge is 0.493 e. The molecule has 108 valence electrons. The Kier molecular flexibility index (Phi) is 3.68. The van der Waals surface area contributed by atoms with Gasteiger partial charge in [0, 0.05) is 24.1 Å². The van der Waals surface area contributed by atoms with Crippen molar-refractivity contribution in [2.24, 2.45) is 0 Å². The monoisotopic (exact) mass is 275 g/mol. The molecule has 1 aromatic carbocycles. The highest BCUT2D eigenvalue weighted by molar-refractivity contribution is 5.83. The minimum Gasteiger partial charge on any atom is -0.493 e. The van der Waals surface area contributed by atoms with E-state index in [2.05, 4.69) is 18.3 Å². The van der Waals surface area contributed by atoms with E-state index in [1.54, 1.807) is 7.11 Å². The van der Waals surface area contributed by atoms with Crippen molar-refractivity contribution in [3.8, 4) is 5.75 Å². The first kappa shape index (κ1) is 13.5. The highest BCUT2D eigenvalue weighted by atomic mass is 16.5. The molecular formula is C16H21NO3. The van der Waals surface area contributed by atoms with Crippen LogP contribution in [-0.4, -0.2) is 25.9 Å². The maximum absolute atomic E-state index is 5.91.